The summed E-state index contributed by atoms with van der Waals surface area (Å²) in [5.74, 6) is -0.277. The Kier molecular flexibility index (Phi) is 4.87. The highest BCUT2D eigenvalue weighted by Gasteiger charge is 2.07. The number of hydrogen-bond acceptors (Lipinski definition) is 4. The first-order chi connectivity index (χ1) is 13.9. The summed E-state index contributed by atoms with van der Waals surface area (Å²) in [6, 6.07) is 16.0. The smallest absolute Gasteiger partial charge is 0.244 e. The lowest BCUT2D eigenvalue weighted by atomic mass is 10.1. The number of fused-ring (bicyclic) bond motifs is 3. The summed E-state index contributed by atoms with van der Waals surface area (Å²) in [6.07, 6.45) is 4.82. The zero-order chi connectivity index (χ0) is 20.4. The molecular weight excluding hydrogens is 388 g/mol. The normalized spacial score (nSPS) is 12.0. The molecule has 0 bridgehead atoms. The van der Waals surface area contributed by atoms with Gasteiger partial charge in [-0.2, -0.15) is 0 Å². The van der Waals surface area contributed by atoms with Crippen LogP contribution in [-0.2, 0) is 21.4 Å². The van der Waals surface area contributed by atoms with E-state index in [1.807, 2.05) is 30.3 Å². The summed E-state index contributed by atoms with van der Waals surface area (Å²) in [7, 11) is -3.72. The van der Waals surface area contributed by atoms with Gasteiger partial charge in [0.25, 0.3) is 0 Å². The Morgan fingerprint density at radius 3 is 2.59 bits per heavy atom. The van der Waals surface area contributed by atoms with Crippen LogP contribution in [0.25, 0.3) is 27.9 Å². The molecule has 0 aliphatic heterocycles. The second-order valence-electron chi connectivity index (χ2n) is 6.57. The van der Waals surface area contributed by atoms with Gasteiger partial charge in [0.05, 0.1) is 22.3 Å². The maximum atomic E-state index is 12.1. The number of hydrogen-bond donors (Lipinski definition) is 3. The molecule has 4 rings (SSSR count). The van der Waals surface area contributed by atoms with Crippen LogP contribution in [0.5, 0.6) is 0 Å². The number of aromatic nitrogens is 2. The topological polar surface area (TPSA) is 118 Å². The van der Waals surface area contributed by atoms with Crippen molar-refractivity contribution in [3.05, 3.63) is 78.1 Å². The monoisotopic (exact) mass is 406 g/mol. The number of nitrogens with two attached hydrogens (primary N) is 1. The number of rotatable bonds is 5. The van der Waals surface area contributed by atoms with Gasteiger partial charge in [-0.15, -0.1) is 0 Å². The summed E-state index contributed by atoms with van der Waals surface area (Å²) >= 11 is 0. The minimum Gasteiger partial charge on any atom is -0.353 e. The quantitative estimate of drug-likeness (QED) is 0.442. The predicted octanol–water partition coefficient (Wildman–Crippen LogP) is 2.69. The standard InChI is InChI=1S/C21H18N4O3S/c22-29(27,28)16-8-5-14(6-9-16)12-24-21(26)10-7-15-11-18-17-3-1-2-4-19(17)25-20(18)13-23-15/h1-11,13,25H,12H2,(H,24,26)(H2,22,27,28)/b10-7+. The van der Waals surface area contributed by atoms with Crippen LogP contribution in [0.15, 0.2) is 71.8 Å². The molecule has 0 unspecified atom stereocenters. The number of aromatic amines is 1. The predicted molar refractivity (Wildman–Crippen MR) is 112 cm³/mol. The van der Waals surface area contributed by atoms with Gasteiger partial charge < -0.3 is 10.3 Å². The molecule has 0 atom stereocenters. The number of para-hydroxylation sites is 1. The van der Waals surface area contributed by atoms with Crippen molar-refractivity contribution < 1.29 is 13.2 Å². The van der Waals surface area contributed by atoms with Crippen LogP contribution in [-0.4, -0.2) is 24.3 Å². The SMILES string of the molecule is NS(=O)(=O)c1ccc(CNC(=O)/C=C/c2cc3c(cn2)[nH]c2ccccc23)cc1. The molecule has 4 aromatic rings. The Labute approximate surface area is 167 Å². The highest BCUT2D eigenvalue weighted by molar-refractivity contribution is 7.89. The molecule has 0 saturated carbocycles. The van der Waals surface area contributed by atoms with Crippen molar-refractivity contribution in [2.75, 3.05) is 0 Å². The lowest BCUT2D eigenvalue weighted by Gasteiger charge is -2.04. The zero-order valence-corrected chi connectivity index (χ0v) is 16.1. The van der Waals surface area contributed by atoms with Crippen molar-refractivity contribution in [2.45, 2.75) is 11.4 Å². The van der Waals surface area contributed by atoms with Crippen LogP contribution in [0.3, 0.4) is 0 Å². The fourth-order valence-corrected chi connectivity index (χ4v) is 3.58. The van der Waals surface area contributed by atoms with Crippen molar-refractivity contribution in [3.8, 4) is 0 Å². The lowest BCUT2D eigenvalue weighted by molar-refractivity contribution is -0.116. The van der Waals surface area contributed by atoms with Crippen molar-refractivity contribution in [3.63, 3.8) is 0 Å². The number of sulfonamides is 1. The fourth-order valence-electron chi connectivity index (χ4n) is 3.06. The van der Waals surface area contributed by atoms with Crippen LogP contribution in [0, 0.1) is 0 Å². The van der Waals surface area contributed by atoms with E-state index in [2.05, 4.69) is 15.3 Å². The number of nitrogens with zero attached hydrogens (tertiary/aromatic N) is 1. The highest BCUT2D eigenvalue weighted by atomic mass is 32.2. The molecule has 2 aromatic heterocycles. The van der Waals surface area contributed by atoms with Gasteiger partial charge in [-0.1, -0.05) is 30.3 Å². The molecule has 0 saturated heterocycles. The van der Waals surface area contributed by atoms with Crippen molar-refractivity contribution in [1.29, 1.82) is 0 Å². The first kappa shape index (κ1) is 18.9. The summed E-state index contributed by atoms with van der Waals surface area (Å²) in [6.45, 7) is 0.267. The molecule has 146 valence electrons. The van der Waals surface area contributed by atoms with Gasteiger partial charge in [-0.05, 0) is 35.9 Å². The van der Waals surface area contributed by atoms with Crippen molar-refractivity contribution >= 4 is 43.8 Å². The van der Waals surface area contributed by atoms with Gasteiger partial charge in [0.2, 0.25) is 15.9 Å². The van der Waals surface area contributed by atoms with Gasteiger partial charge in [0.15, 0.2) is 0 Å². The molecule has 1 amide bonds. The maximum Gasteiger partial charge on any atom is 0.244 e. The third-order valence-electron chi connectivity index (χ3n) is 4.54. The Morgan fingerprint density at radius 1 is 1.07 bits per heavy atom. The highest BCUT2D eigenvalue weighted by Crippen LogP contribution is 2.25. The van der Waals surface area contributed by atoms with Crippen molar-refractivity contribution in [1.82, 2.24) is 15.3 Å². The number of primary sulfonamides is 1. The second kappa shape index (κ2) is 7.50. The first-order valence-corrected chi connectivity index (χ1v) is 10.4. The summed E-state index contributed by atoms with van der Waals surface area (Å²) in [4.78, 5) is 19.8. The van der Waals surface area contributed by atoms with E-state index in [1.54, 1.807) is 24.4 Å². The van der Waals surface area contributed by atoms with Crippen LogP contribution in [0.1, 0.15) is 11.3 Å². The number of amides is 1. The third kappa shape index (κ3) is 4.18. The van der Waals surface area contributed by atoms with E-state index in [9.17, 15) is 13.2 Å². The number of carbonyl (C=O) groups is 1. The molecule has 4 N–H and O–H groups in total. The number of H-pyrrole nitrogens is 1. The van der Waals surface area contributed by atoms with E-state index in [0.717, 1.165) is 27.4 Å². The average molecular weight is 406 g/mol. The molecule has 0 radical (unpaired) electrons. The minimum atomic E-state index is -3.72. The maximum absolute atomic E-state index is 12.1. The second-order valence-corrected chi connectivity index (χ2v) is 8.13. The molecule has 0 aliphatic rings. The minimum absolute atomic E-state index is 0.0335. The Morgan fingerprint density at radius 2 is 1.83 bits per heavy atom. The van der Waals surface area contributed by atoms with Crippen molar-refractivity contribution in [2.24, 2.45) is 5.14 Å². The van der Waals surface area contributed by atoms with Crippen LogP contribution in [0.2, 0.25) is 0 Å². The molecule has 2 aromatic carbocycles. The largest absolute Gasteiger partial charge is 0.353 e. The Balaban J connectivity index is 1.43. The van der Waals surface area contributed by atoms with Gasteiger partial charge in [-0.3, -0.25) is 9.78 Å². The van der Waals surface area contributed by atoms with E-state index in [1.165, 1.54) is 18.2 Å². The lowest BCUT2D eigenvalue weighted by Crippen LogP contribution is -2.20. The molecule has 7 nitrogen and oxygen atoms in total. The molecule has 0 aliphatic carbocycles. The zero-order valence-electron chi connectivity index (χ0n) is 15.3. The van der Waals surface area contributed by atoms with E-state index < -0.39 is 10.0 Å². The average Bonchev–Trinajstić information content (AvgIpc) is 3.08. The first-order valence-electron chi connectivity index (χ1n) is 8.84. The van der Waals surface area contributed by atoms with Gasteiger partial charge in [0, 0.05) is 28.9 Å². The summed E-state index contributed by atoms with van der Waals surface area (Å²) < 4.78 is 22.5. The van der Waals surface area contributed by atoms with E-state index in [4.69, 9.17) is 5.14 Å². The Bertz CT molecular complexity index is 1340. The number of carbonyl (C=O) groups excluding carboxylic acids is 1. The number of pyridine rings is 1. The van der Waals surface area contributed by atoms with E-state index in [-0.39, 0.29) is 17.3 Å². The molecule has 0 fully saturated rings. The van der Waals surface area contributed by atoms with Crippen LogP contribution < -0.4 is 10.5 Å². The molecule has 8 heteroatoms. The van der Waals surface area contributed by atoms with E-state index in [0.29, 0.717) is 5.69 Å². The number of benzene rings is 2. The van der Waals surface area contributed by atoms with E-state index >= 15 is 0 Å². The summed E-state index contributed by atoms with van der Waals surface area (Å²) in [5, 5.41) is 9.97. The van der Waals surface area contributed by atoms with Crippen LogP contribution in [0.4, 0.5) is 0 Å². The molecule has 0 spiro atoms. The molecule has 29 heavy (non-hydrogen) atoms. The van der Waals surface area contributed by atoms with Gasteiger partial charge >= 0.3 is 0 Å². The third-order valence-corrected chi connectivity index (χ3v) is 5.47. The van der Waals surface area contributed by atoms with Gasteiger partial charge in [0.1, 0.15) is 0 Å². The fraction of sp³-hybridized carbons (Fsp3) is 0.0476. The molecule has 2 heterocycles. The van der Waals surface area contributed by atoms with Gasteiger partial charge in [-0.25, -0.2) is 13.6 Å². The number of nitrogens with one attached hydrogen (secondary N) is 2. The van der Waals surface area contributed by atoms with Crippen LogP contribution >= 0.6 is 0 Å². The summed E-state index contributed by atoms with van der Waals surface area (Å²) in [5.41, 5.74) is 3.42. The molecular formula is C21H18N4O3S. The Hall–Kier alpha value is -3.49.